The number of nitrogens with zero attached hydrogens (tertiary/aromatic N) is 1. The van der Waals surface area contributed by atoms with Crippen LogP contribution in [0.5, 0.6) is 0 Å². The van der Waals surface area contributed by atoms with Crippen molar-refractivity contribution in [1.29, 1.82) is 0 Å². The van der Waals surface area contributed by atoms with Crippen molar-refractivity contribution < 1.29 is 19.4 Å². The van der Waals surface area contributed by atoms with Gasteiger partial charge in [-0.2, -0.15) is 0 Å². The molecule has 2 aliphatic rings. The van der Waals surface area contributed by atoms with Gasteiger partial charge in [-0.05, 0) is 45.4 Å². The fourth-order valence-electron chi connectivity index (χ4n) is 2.98. The number of piperidine rings is 2. The zero-order valence-electron chi connectivity index (χ0n) is 12.4. The molecule has 0 aromatic carbocycles. The standard InChI is InChI=1S/C14H24N2O4/c1-13(2,3)20-12(19)16-6-4-14(5-7-16)8-10(17)15-11(18)9-14/h10,17H,4-9H2,1-3H3,(H,15,18). The summed E-state index contributed by atoms with van der Waals surface area (Å²) in [5.41, 5.74) is -0.659. The molecule has 2 aliphatic heterocycles. The van der Waals surface area contributed by atoms with E-state index in [1.807, 2.05) is 20.8 Å². The van der Waals surface area contributed by atoms with Crippen LogP contribution >= 0.6 is 0 Å². The van der Waals surface area contributed by atoms with Crippen LogP contribution in [-0.4, -0.2) is 46.9 Å². The molecular weight excluding hydrogens is 260 g/mol. The molecule has 0 aromatic rings. The lowest BCUT2D eigenvalue weighted by Gasteiger charge is -2.45. The van der Waals surface area contributed by atoms with Gasteiger partial charge in [0, 0.05) is 19.5 Å². The molecule has 1 unspecified atom stereocenters. The third kappa shape index (κ3) is 3.62. The Morgan fingerprint density at radius 3 is 2.50 bits per heavy atom. The van der Waals surface area contributed by atoms with Crippen molar-refractivity contribution in [1.82, 2.24) is 10.2 Å². The normalized spacial score (nSPS) is 26.3. The second-order valence-corrected chi connectivity index (χ2v) is 6.93. The molecule has 1 atom stereocenters. The van der Waals surface area contributed by atoms with Crippen molar-refractivity contribution in [2.75, 3.05) is 13.1 Å². The highest BCUT2D eigenvalue weighted by molar-refractivity contribution is 5.78. The Labute approximate surface area is 119 Å². The van der Waals surface area contributed by atoms with Gasteiger partial charge in [0.15, 0.2) is 0 Å². The van der Waals surface area contributed by atoms with Crippen LogP contribution in [0.15, 0.2) is 0 Å². The van der Waals surface area contributed by atoms with E-state index < -0.39 is 11.8 Å². The molecule has 0 bridgehead atoms. The smallest absolute Gasteiger partial charge is 0.410 e. The number of likely N-dealkylation sites (tertiary alicyclic amines) is 1. The van der Waals surface area contributed by atoms with E-state index in [4.69, 9.17) is 4.74 Å². The zero-order valence-corrected chi connectivity index (χ0v) is 12.4. The number of carbonyl (C=O) groups excluding carboxylic acids is 2. The van der Waals surface area contributed by atoms with Gasteiger partial charge in [0.25, 0.3) is 0 Å². The summed E-state index contributed by atoms with van der Waals surface area (Å²) >= 11 is 0. The van der Waals surface area contributed by atoms with Crippen molar-refractivity contribution in [2.45, 2.75) is 58.3 Å². The SMILES string of the molecule is CC(C)(C)OC(=O)N1CCC2(CC1)CC(=O)NC(O)C2. The Morgan fingerprint density at radius 2 is 2.00 bits per heavy atom. The second kappa shape index (κ2) is 5.24. The predicted octanol–water partition coefficient (Wildman–Crippen LogP) is 1.23. The molecule has 0 saturated carbocycles. The largest absolute Gasteiger partial charge is 0.444 e. The Balaban J connectivity index is 1.92. The molecule has 2 amide bonds. The molecule has 114 valence electrons. The van der Waals surface area contributed by atoms with Crippen molar-refractivity contribution in [3.63, 3.8) is 0 Å². The number of nitrogens with one attached hydrogen (secondary N) is 1. The average Bonchev–Trinajstić information content (AvgIpc) is 2.25. The van der Waals surface area contributed by atoms with Crippen LogP contribution in [0.25, 0.3) is 0 Å². The van der Waals surface area contributed by atoms with Gasteiger partial charge in [0.2, 0.25) is 5.91 Å². The minimum Gasteiger partial charge on any atom is -0.444 e. The summed E-state index contributed by atoms with van der Waals surface area (Å²) in [6, 6.07) is 0. The van der Waals surface area contributed by atoms with Gasteiger partial charge in [-0.15, -0.1) is 0 Å². The summed E-state index contributed by atoms with van der Waals surface area (Å²) in [4.78, 5) is 25.3. The summed E-state index contributed by atoms with van der Waals surface area (Å²) in [6.07, 6.45) is 1.41. The first-order chi connectivity index (χ1) is 9.19. The summed E-state index contributed by atoms with van der Waals surface area (Å²) in [7, 11) is 0. The minimum atomic E-state index is -0.760. The van der Waals surface area contributed by atoms with Gasteiger partial charge >= 0.3 is 6.09 Å². The quantitative estimate of drug-likeness (QED) is 0.701. The first kappa shape index (κ1) is 15.1. The lowest BCUT2D eigenvalue weighted by atomic mass is 9.71. The topological polar surface area (TPSA) is 78.9 Å². The molecule has 2 rings (SSSR count). The fourth-order valence-corrected chi connectivity index (χ4v) is 2.98. The molecule has 2 fully saturated rings. The van der Waals surface area contributed by atoms with E-state index >= 15 is 0 Å². The number of aliphatic hydroxyl groups is 1. The number of hydrogen-bond acceptors (Lipinski definition) is 4. The molecular formula is C14H24N2O4. The molecule has 2 saturated heterocycles. The Kier molecular flexibility index (Phi) is 3.95. The van der Waals surface area contributed by atoms with E-state index in [2.05, 4.69) is 5.32 Å². The highest BCUT2D eigenvalue weighted by Crippen LogP contribution is 2.41. The highest BCUT2D eigenvalue weighted by atomic mass is 16.6. The molecule has 1 spiro atoms. The summed E-state index contributed by atoms with van der Waals surface area (Å²) in [6.45, 7) is 6.69. The number of rotatable bonds is 0. The van der Waals surface area contributed by atoms with E-state index in [-0.39, 0.29) is 17.4 Å². The maximum atomic E-state index is 12.0. The molecule has 20 heavy (non-hydrogen) atoms. The summed E-state index contributed by atoms with van der Waals surface area (Å²) < 4.78 is 5.35. The van der Waals surface area contributed by atoms with Gasteiger partial charge in [-0.1, -0.05) is 0 Å². The van der Waals surface area contributed by atoms with Crippen molar-refractivity contribution in [3.8, 4) is 0 Å². The third-order valence-electron chi connectivity index (χ3n) is 3.97. The van der Waals surface area contributed by atoms with Crippen LogP contribution < -0.4 is 5.32 Å². The summed E-state index contributed by atoms with van der Waals surface area (Å²) in [5.74, 6) is -0.102. The zero-order chi connectivity index (χ0) is 15.0. The van der Waals surface area contributed by atoms with E-state index in [9.17, 15) is 14.7 Å². The molecule has 2 heterocycles. The van der Waals surface area contributed by atoms with Gasteiger partial charge in [-0.25, -0.2) is 4.79 Å². The van der Waals surface area contributed by atoms with E-state index in [0.717, 1.165) is 12.8 Å². The maximum absolute atomic E-state index is 12.0. The molecule has 2 N–H and O–H groups in total. The van der Waals surface area contributed by atoms with Crippen molar-refractivity contribution in [2.24, 2.45) is 5.41 Å². The van der Waals surface area contributed by atoms with Crippen LogP contribution in [0.1, 0.15) is 46.5 Å². The van der Waals surface area contributed by atoms with Crippen LogP contribution in [-0.2, 0) is 9.53 Å². The Hall–Kier alpha value is -1.30. The minimum absolute atomic E-state index is 0.102. The number of ether oxygens (including phenoxy) is 1. The highest BCUT2D eigenvalue weighted by Gasteiger charge is 2.42. The number of hydrogen-bond donors (Lipinski definition) is 2. The number of amides is 2. The number of carbonyl (C=O) groups is 2. The van der Waals surface area contributed by atoms with Crippen LogP contribution in [0, 0.1) is 5.41 Å². The van der Waals surface area contributed by atoms with Gasteiger partial charge in [0.05, 0.1) is 0 Å². The van der Waals surface area contributed by atoms with E-state index in [0.29, 0.717) is 25.9 Å². The lowest BCUT2D eigenvalue weighted by molar-refractivity contribution is -0.134. The van der Waals surface area contributed by atoms with Gasteiger partial charge < -0.3 is 20.1 Å². The average molecular weight is 284 g/mol. The molecule has 0 aromatic heterocycles. The third-order valence-corrected chi connectivity index (χ3v) is 3.97. The maximum Gasteiger partial charge on any atom is 0.410 e. The van der Waals surface area contributed by atoms with Crippen LogP contribution in [0.3, 0.4) is 0 Å². The lowest BCUT2D eigenvalue weighted by Crippen LogP contribution is -2.52. The molecule has 0 aliphatic carbocycles. The van der Waals surface area contributed by atoms with Crippen molar-refractivity contribution in [3.05, 3.63) is 0 Å². The first-order valence-corrected chi connectivity index (χ1v) is 7.15. The van der Waals surface area contributed by atoms with E-state index in [1.54, 1.807) is 4.90 Å². The fraction of sp³-hybridized carbons (Fsp3) is 0.857. The number of aliphatic hydroxyl groups excluding tert-OH is 1. The molecule has 6 nitrogen and oxygen atoms in total. The Morgan fingerprint density at radius 1 is 1.40 bits per heavy atom. The van der Waals surface area contributed by atoms with Crippen LogP contribution in [0.4, 0.5) is 4.79 Å². The Bertz CT molecular complexity index is 394. The first-order valence-electron chi connectivity index (χ1n) is 7.15. The molecule has 0 radical (unpaired) electrons. The predicted molar refractivity (Wildman–Crippen MR) is 72.9 cm³/mol. The van der Waals surface area contributed by atoms with E-state index in [1.165, 1.54) is 0 Å². The monoisotopic (exact) mass is 284 g/mol. The second-order valence-electron chi connectivity index (χ2n) is 6.93. The summed E-state index contributed by atoms with van der Waals surface area (Å²) in [5, 5.41) is 12.2. The van der Waals surface area contributed by atoms with Crippen LogP contribution in [0.2, 0.25) is 0 Å². The van der Waals surface area contributed by atoms with Gasteiger partial charge in [0.1, 0.15) is 11.8 Å². The molecule has 6 heteroatoms. The van der Waals surface area contributed by atoms with Crippen molar-refractivity contribution >= 4 is 12.0 Å². The van der Waals surface area contributed by atoms with Gasteiger partial charge in [-0.3, -0.25) is 4.79 Å².